The maximum Gasteiger partial charge on any atom is 0.256 e. The molecule has 0 spiro atoms. The van der Waals surface area contributed by atoms with Gasteiger partial charge in [0.2, 0.25) is 5.43 Å². The van der Waals surface area contributed by atoms with Crippen molar-refractivity contribution in [3.63, 3.8) is 0 Å². The third-order valence-corrected chi connectivity index (χ3v) is 5.22. The van der Waals surface area contributed by atoms with Crippen molar-refractivity contribution in [2.45, 2.75) is 39.8 Å². The van der Waals surface area contributed by atoms with Crippen molar-refractivity contribution in [1.82, 2.24) is 19.9 Å². The van der Waals surface area contributed by atoms with E-state index in [1.165, 1.54) is 0 Å². The Morgan fingerprint density at radius 1 is 1.21 bits per heavy atom. The molecule has 2 N–H and O–H groups in total. The van der Waals surface area contributed by atoms with Gasteiger partial charge in [0.15, 0.2) is 0 Å². The summed E-state index contributed by atoms with van der Waals surface area (Å²) >= 11 is 0. The van der Waals surface area contributed by atoms with E-state index in [4.69, 9.17) is 0 Å². The number of benzene rings is 1. The number of fused-ring (bicyclic) bond motifs is 2. The van der Waals surface area contributed by atoms with Gasteiger partial charge in [-0.15, -0.1) is 0 Å². The molecule has 3 heterocycles. The Balaban J connectivity index is 1.61. The Morgan fingerprint density at radius 3 is 2.79 bits per heavy atom. The number of nitrogens with zero attached hydrogens (tertiary/aromatic N) is 2. The second-order valence-corrected chi connectivity index (χ2v) is 7.42. The monoisotopic (exact) mass is 388 g/mol. The number of rotatable bonds is 5. The SMILES string of the molecule is CCn1cc(C(=O)N[C@H](C)Cc2c[nH]c3ccccc23)c(=O)c2ccc(C)nc21. The number of aromatic nitrogens is 3. The van der Waals surface area contributed by atoms with Crippen molar-refractivity contribution in [3.05, 3.63) is 75.8 Å². The average Bonchev–Trinajstić information content (AvgIpc) is 3.11. The third kappa shape index (κ3) is 3.53. The zero-order valence-corrected chi connectivity index (χ0v) is 16.8. The number of carbonyl (C=O) groups is 1. The summed E-state index contributed by atoms with van der Waals surface area (Å²) in [5.74, 6) is -0.355. The number of hydrogen-bond donors (Lipinski definition) is 2. The van der Waals surface area contributed by atoms with E-state index in [2.05, 4.69) is 21.4 Å². The standard InChI is InChI=1S/C23H24N4O2/c1-4-27-13-19(21(28)18-10-9-14(2)25-22(18)27)23(29)26-15(3)11-16-12-24-20-8-6-5-7-17(16)20/h5-10,12-13,15,24H,4,11H2,1-3H3,(H,26,29)/t15-/m1/s1. The predicted octanol–water partition coefficient (Wildman–Crippen LogP) is 3.57. The van der Waals surface area contributed by atoms with Crippen LogP contribution in [0.5, 0.6) is 0 Å². The summed E-state index contributed by atoms with van der Waals surface area (Å²) in [4.78, 5) is 33.5. The maximum atomic E-state index is 12.9. The average molecular weight is 388 g/mol. The number of aryl methyl sites for hydroxylation is 2. The summed E-state index contributed by atoms with van der Waals surface area (Å²) < 4.78 is 1.85. The number of amides is 1. The summed E-state index contributed by atoms with van der Waals surface area (Å²) in [7, 11) is 0. The lowest BCUT2D eigenvalue weighted by Crippen LogP contribution is -2.37. The van der Waals surface area contributed by atoms with Crippen LogP contribution in [0.4, 0.5) is 0 Å². The minimum atomic E-state index is -0.355. The van der Waals surface area contributed by atoms with Crippen LogP contribution in [0.15, 0.2) is 53.6 Å². The van der Waals surface area contributed by atoms with Gasteiger partial charge in [-0.05, 0) is 51.0 Å². The van der Waals surface area contributed by atoms with Gasteiger partial charge in [-0.25, -0.2) is 4.98 Å². The Morgan fingerprint density at radius 2 is 2.00 bits per heavy atom. The lowest BCUT2D eigenvalue weighted by atomic mass is 10.1. The molecule has 148 valence electrons. The molecular weight excluding hydrogens is 364 g/mol. The molecule has 0 bridgehead atoms. The molecule has 0 aliphatic heterocycles. The highest BCUT2D eigenvalue weighted by Gasteiger charge is 2.18. The van der Waals surface area contributed by atoms with Crippen molar-refractivity contribution in [1.29, 1.82) is 0 Å². The van der Waals surface area contributed by atoms with Crippen molar-refractivity contribution in [2.75, 3.05) is 0 Å². The molecule has 4 aromatic rings. The van der Waals surface area contributed by atoms with Crippen LogP contribution in [0, 0.1) is 6.92 Å². The van der Waals surface area contributed by atoms with Crippen LogP contribution in [0.1, 0.15) is 35.5 Å². The first-order chi connectivity index (χ1) is 14.0. The summed E-state index contributed by atoms with van der Waals surface area (Å²) in [5.41, 5.74) is 3.52. The zero-order valence-electron chi connectivity index (χ0n) is 16.8. The molecule has 0 unspecified atom stereocenters. The molecule has 1 amide bonds. The first kappa shape index (κ1) is 18.9. The van der Waals surface area contributed by atoms with Crippen LogP contribution in [0.25, 0.3) is 21.9 Å². The van der Waals surface area contributed by atoms with Crippen LogP contribution >= 0.6 is 0 Å². The van der Waals surface area contributed by atoms with Crippen molar-refractivity contribution < 1.29 is 4.79 Å². The van der Waals surface area contributed by atoms with Crippen LogP contribution < -0.4 is 10.7 Å². The Kier molecular flexibility index (Phi) is 4.92. The Labute approximate surface area is 168 Å². The molecule has 0 fully saturated rings. The topological polar surface area (TPSA) is 79.8 Å². The second-order valence-electron chi connectivity index (χ2n) is 7.42. The van der Waals surface area contributed by atoms with Gasteiger partial charge in [-0.2, -0.15) is 0 Å². The van der Waals surface area contributed by atoms with Gasteiger partial charge in [0, 0.05) is 41.6 Å². The van der Waals surface area contributed by atoms with Crippen LogP contribution in [0.3, 0.4) is 0 Å². The Hall–Kier alpha value is -3.41. The number of pyridine rings is 2. The maximum absolute atomic E-state index is 12.9. The fourth-order valence-electron chi connectivity index (χ4n) is 3.75. The molecule has 0 saturated heterocycles. The van der Waals surface area contributed by atoms with E-state index in [1.807, 2.05) is 49.7 Å². The van der Waals surface area contributed by atoms with Crippen LogP contribution in [-0.4, -0.2) is 26.5 Å². The van der Waals surface area contributed by atoms with Gasteiger partial charge >= 0.3 is 0 Å². The molecule has 0 aliphatic rings. The second kappa shape index (κ2) is 7.54. The molecule has 6 heteroatoms. The molecule has 1 aromatic carbocycles. The molecule has 3 aromatic heterocycles. The summed E-state index contributed by atoms with van der Waals surface area (Å²) in [6, 6.07) is 11.5. The molecule has 0 radical (unpaired) electrons. The van der Waals surface area contributed by atoms with Gasteiger partial charge in [-0.1, -0.05) is 18.2 Å². The smallest absolute Gasteiger partial charge is 0.256 e. The Bertz CT molecular complexity index is 1270. The predicted molar refractivity (Wildman–Crippen MR) is 115 cm³/mol. The van der Waals surface area contributed by atoms with Gasteiger partial charge in [-0.3, -0.25) is 9.59 Å². The summed E-state index contributed by atoms with van der Waals surface area (Å²) in [6.07, 6.45) is 4.26. The van der Waals surface area contributed by atoms with E-state index in [0.29, 0.717) is 24.0 Å². The van der Waals surface area contributed by atoms with E-state index in [-0.39, 0.29) is 22.9 Å². The molecule has 29 heavy (non-hydrogen) atoms. The quantitative estimate of drug-likeness (QED) is 0.549. The molecule has 1 atom stereocenters. The first-order valence-electron chi connectivity index (χ1n) is 9.84. The van der Waals surface area contributed by atoms with Crippen molar-refractivity contribution in [3.8, 4) is 0 Å². The van der Waals surface area contributed by atoms with Gasteiger partial charge in [0.05, 0.1) is 5.39 Å². The molecule has 0 aliphatic carbocycles. The largest absolute Gasteiger partial charge is 0.361 e. The highest BCUT2D eigenvalue weighted by Crippen LogP contribution is 2.19. The minimum Gasteiger partial charge on any atom is -0.361 e. The number of hydrogen-bond acceptors (Lipinski definition) is 3. The van der Waals surface area contributed by atoms with Crippen molar-refractivity contribution in [2.24, 2.45) is 0 Å². The van der Waals surface area contributed by atoms with E-state index >= 15 is 0 Å². The molecular formula is C23H24N4O2. The normalized spacial score (nSPS) is 12.4. The van der Waals surface area contributed by atoms with Gasteiger partial charge in [0.25, 0.3) is 5.91 Å². The molecule has 6 nitrogen and oxygen atoms in total. The summed E-state index contributed by atoms with van der Waals surface area (Å²) in [5, 5.41) is 4.60. The number of para-hydroxylation sites is 1. The fourth-order valence-corrected chi connectivity index (χ4v) is 3.75. The highest BCUT2D eigenvalue weighted by molar-refractivity contribution is 5.97. The lowest BCUT2D eigenvalue weighted by Gasteiger charge is -2.15. The van der Waals surface area contributed by atoms with Crippen LogP contribution in [-0.2, 0) is 13.0 Å². The summed E-state index contributed by atoms with van der Waals surface area (Å²) in [6.45, 7) is 6.43. The first-order valence-corrected chi connectivity index (χ1v) is 9.84. The van der Waals surface area contributed by atoms with E-state index in [9.17, 15) is 9.59 Å². The molecule has 0 saturated carbocycles. The van der Waals surface area contributed by atoms with Crippen LogP contribution in [0.2, 0.25) is 0 Å². The van der Waals surface area contributed by atoms with E-state index < -0.39 is 0 Å². The fraction of sp³-hybridized carbons (Fsp3) is 0.261. The number of carbonyl (C=O) groups excluding carboxylic acids is 1. The van der Waals surface area contributed by atoms with E-state index in [1.54, 1.807) is 18.3 Å². The lowest BCUT2D eigenvalue weighted by molar-refractivity contribution is 0.0938. The van der Waals surface area contributed by atoms with E-state index in [0.717, 1.165) is 22.2 Å². The van der Waals surface area contributed by atoms with Crippen molar-refractivity contribution >= 4 is 27.8 Å². The van der Waals surface area contributed by atoms with Gasteiger partial charge in [0.1, 0.15) is 11.2 Å². The molecule has 4 rings (SSSR count). The number of nitrogens with one attached hydrogen (secondary N) is 2. The number of aromatic amines is 1. The van der Waals surface area contributed by atoms with Gasteiger partial charge < -0.3 is 14.9 Å². The highest BCUT2D eigenvalue weighted by atomic mass is 16.2. The number of H-pyrrole nitrogens is 1. The minimum absolute atomic E-state index is 0.122. The zero-order chi connectivity index (χ0) is 20.5. The third-order valence-electron chi connectivity index (χ3n) is 5.22.